The number of nitrogens with two attached hydrogens (primary N) is 1. The van der Waals surface area contributed by atoms with Crippen LogP contribution in [0.2, 0.25) is 0 Å². The maximum atomic E-state index is 11.9. The van der Waals surface area contributed by atoms with E-state index in [4.69, 9.17) is 15.6 Å². The van der Waals surface area contributed by atoms with Crippen molar-refractivity contribution in [3.8, 4) is 0 Å². The third-order valence-corrected chi connectivity index (χ3v) is 3.19. The number of hydrogen-bond acceptors (Lipinski definition) is 4. The van der Waals surface area contributed by atoms with E-state index in [2.05, 4.69) is 0 Å². The highest BCUT2D eigenvalue weighted by Crippen LogP contribution is 2.24. The fourth-order valence-corrected chi connectivity index (χ4v) is 2.22. The summed E-state index contributed by atoms with van der Waals surface area (Å²) in [6.45, 7) is 6.79. The first-order valence-electron chi connectivity index (χ1n) is 6.63. The average Bonchev–Trinajstić information content (AvgIpc) is 2.71. The van der Waals surface area contributed by atoms with Gasteiger partial charge in [-0.2, -0.15) is 0 Å². The molecule has 6 heteroatoms. The van der Waals surface area contributed by atoms with E-state index in [1.807, 2.05) is 20.8 Å². The number of carbonyl (C=O) groups is 2. The SMILES string of the molecule is CC(C)(C)OC(=O)N1CCC(CC(CN)C(=O)O)C1. The third-order valence-electron chi connectivity index (χ3n) is 3.19. The number of carbonyl (C=O) groups excluding carboxylic acids is 1. The standard InChI is InChI=1S/C13H24N2O4/c1-13(2,3)19-12(18)15-5-4-9(8-15)6-10(7-14)11(16)17/h9-10H,4-8,14H2,1-3H3,(H,16,17). The van der Waals surface area contributed by atoms with Gasteiger partial charge in [0.05, 0.1) is 5.92 Å². The zero-order valence-electron chi connectivity index (χ0n) is 11.9. The Bertz CT molecular complexity index is 338. The molecule has 1 aliphatic heterocycles. The minimum absolute atomic E-state index is 0.137. The van der Waals surface area contributed by atoms with Crippen LogP contribution in [0, 0.1) is 11.8 Å². The Kier molecular flexibility index (Phi) is 5.17. The Morgan fingerprint density at radius 3 is 2.58 bits per heavy atom. The summed E-state index contributed by atoms with van der Waals surface area (Å²) in [7, 11) is 0. The van der Waals surface area contributed by atoms with Crippen molar-refractivity contribution in [3.63, 3.8) is 0 Å². The van der Waals surface area contributed by atoms with Crippen molar-refractivity contribution >= 4 is 12.1 Å². The van der Waals surface area contributed by atoms with Crippen molar-refractivity contribution in [2.75, 3.05) is 19.6 Å². The van der Waals surface area contributed by atoms with Crippen molar-refractivity contribution in [1.82, 2.24) is 4.90 Å². The largest absolute Gasteiger partial charge is 0.481 e. The number of aliphatic carboxylic acids is 1. The fraction of sp³-hybridized carbons (Fsp3) is 0.846. The van der Waals surface area contributed by atoms with E-state index in [0.717, 1.165) is 6.42 Å². The summed E-state index contributed by atoms with van der Waals surface area (Å²) < 4.78 is 5.29. The lowest BCUT2D eigenvalue weighted by atomic mass is 9.94. The van der Waals surface area contributed by atoms with E-state index in [1.54, 1.807) is 4.90 Å². The maximum Gasteiger partial charge on any atom is 0.410 e. The maximum absolute atomic E-state index is 11.9. The van der Waals surface area contributed by atoms with Gasteiger partial charge in [-0.1, -0.05) is 0 Å². The van der Waals surface area contributed by atoms with Crippen LogP contribution < -0.4 is 5.73 Å². The van der Waals surface area contributed by atoms with Gasteiger partial charge in [-0.25, -0.2) is 4.79 Å². The molecule has 1 saturated heterocycles. The molecule has 3 N–H and O–H groups in total. The molecule has 0 saturated carbocycles. The fourth-order valence-electron chi connectivity index (χ4n) is 2.22. The van der Waals surface area contributed by atoms with Crippen molar-refractivity contribution in [2.45, 2.75) is 39.2 Å². The molecule has 2 atom stereocenters. The van der Waals surface area contributed by atoms with Crippen LogP contribution in [0.25, 0.3) is 0 Å². The Morgan fingerprint density at radius 2 is 2.11 bits per heavy atom. The molecule has 1 aliphatic rings. The molecule has 1 fully saturated rings. The first-order chi connectivity index (χ1) is 8.73. The molecule has 0 radical (unpaired) electrons. The third kappa shape index (κ3) is 5.06. The van der Waals surface area contributed by atoms with Crippen LogP contribution in [0.5, 0.6) is 0 Å². The molecular weight excluding hydrogens is 248 g/mol. The summed E-state index contributed by atoms with van der Waals surface area (Å²) in [6, 6.07) is 0. The second kappa shape index (κ2) is 6.23. The molecular formula is C13H24N2O4. The van der Waals surface area contributed by atoms with Crippen molar-refractivity contribution in [2.24, 2.45) is 17.6 Å². The van der Waals surface area contributed by atoms with E-state index in [0.29, 0.717) is 19.5 Å². The van der Waals surface area contributed by atoms with Gasteiger partial charge in [0.25, 0.3) is 0 Å². The van der Waals surface area contributed by atoms with Crippen LogP contribution in [0.15, 0.2) is 0 Å². The van der Waals surface area contributed by atoms with Crippen LogP contribution in [0.3, 0.4) is 0 Å². The number of hydrogen-bond donors (Lipinski definition) is 2. The number of carboxylic acids is 1. The highest BCUT2D eigenvalue weighted by Gasteiger charge is 2.32. The Balaban J connectivity index is 2.45. The van der Waals surface area contributed by atoms with Crippen LogP contribution in [-0.4, -0.2) is 47.3 Å². The Labute approximate surface area is 113 Å². The van der Waals surface area contributed by atoms with Crippen LogP contribution >= 0.6 is 0 Å². The predicted octanol–water partition coefficient (Wildman–Crippen LogP) is 1.29. The first-order valence-corrected chi connectivity index (χ1v) is 6.63. The molecule has 0 bridgehead atoms. The number of rotatable bonds is 4. The quantitative estimate of drug-likeness (QED) is 0.804. The van der Waals surface area contributed by atoms with Gasteiger partial charge >= 0.3 is 12.1 Å². The monoisotopic (exact) mass is 272 g/mol. The van der Waals surface area contributed by atoms with Gasteiger partial charge in [-0.15, -0.1) is 0 Å². The topological polar surface area (TPSA) is 92.9 Å². The minimum Gasteiger partial charge on any atom is -0.481 e. The summed E-state index contributed by atoms with van der Waals surface area (Å²) in [6.07, 6.45) is 1.00. The van der Waals surface area contributed by atoms with Gasteiger partial charge in [0.1, 0.15) is 5.60 Å². The molecule has 2 unspecified atom stereocenters. The number of likely N-dealkylation sites (tertiary alicyclic amines) is 1. The van der Waals surface area contributed by atoms with Gasteiger partial charge < -0.3 is 20.5 Å². The normalized spacial score (nSPS) is 21.3. The van der Waals surface area contributed by atoms with Gasteiger partial charge in [-0.3, -0.25) is 4.79 Å². The predicted molar refractivity (Wildman–Crippen MR) is 70.7 cm³/mol. The summed E-state index contributed by atoms with van der Waals surface area (Å²) in [4.78, 5) is 24.4. The van der Waals surface area contributed by atoms with Gasteiger partial charge in [0.2, 0.25) is 0 Å². The number of nitrogens with zero attached hydrogens (tertiary/aromatic N) is 1. The van der Waals surface area contributed by atoms with Crippen LogP contribution in [-0.2, 0) is 9.53 Å². The molecule has 0 aliphatic carbocycles. The molecule has 1 amide bonds. The lowest BCUT2D eigenvalue weighted by Crippen LogP contribution is -2.35. The van der Waals surface area contributed by atoms with Crippen molar-refractivity contribution in [3.05, 3.63) is 0 Å². The Hall–Kier alpha value is -1.30. The van der Waals surface area contributed by atoms with E-state index in [-0.39, 0.29) is 18.6 Å². The molecule has 1 rings (SSSR count). The number of ether oxygens (including phenoxy) is 1. The summed E-state index contributed by atoms with van der Waals surface area (Å²) in [5.74, 6) is -1.20. The molecule has 0 spiro atoms. The van der Waals surface area contributed by atoms with Gasteiger partial charge in [0, 0.05) is 19.6 Å². The van der Waals surface area contributed by atoms with Gasteiger partial charge in [-0.05, 0) is 39.5 Å². The lowest BCUT2D eigenvalue weighted by molar-refractivity contribution is -0.141. The molecule has 19 heavy (non-hydrogen) atoms. The summed E-state index contributed by atoms with van der Waals surface area (Å²) in [5, 5.41) is 8.98. The van der Waals surface area contributed by atoms with Gasteiger partial charge in [0.15, 0.2) is 0 Å². The summed E-state index contributed by atoms with van der Waals surface area (Å²) >= 11 is 0. The van der Waals surface area contributed by atoms with E-state index in [1.165, 1.54) is 0 Å². The highest BCUT2D eigenvalue weighted by atomic mass is 16.6. The van der Waals surface area contributed by atoms with E-state index in [9.17, 15) is 9.59 Å². The molecule has 0 aromatic rings. The molecule has 110 valence electrons. The number of carboxylic acid groups (broad SMARTS) is 1. The number of amides is 1. The zero-order chi connectivity index (χ0) is 14.6. The molecule has 0 aromatic heterocycles. The zero-order valence-corrected chi connectivity index (χ0v) is 11.9. The highest BCUT2D eigenvalue weighted by molar-refractivity contribution is 5.70. The van der Waals surface area contributed by atoms with E-state index < -0.39 is 17.5 Å². The average molecular weight is 272 g/mol. The van der Waals surface area contributed by atoms with Crippen molar-refractivity contribution in [1.29, 1.82) is 0 Å². The molecule has 1 heterocycles. The minimum atomic E-state index is -0.863. The van der Waals surface area contributed by atoms with Crippen LogP contribution in [0.1, 0.15) is 33.6 Å². The smallest absolute Gasteiger partial charge is 0.410 e. The second-order valence-electron chi connectivity index (χ2n) is 6.09. The first kappa shape index (κ1) is 15.8. The molecule has 6 nitrogen and oxygen atoms in total. The van der Waals surface area contributed by atoms with Crippen molar-refractivity contribution < 1.29 is 19.4 Å². The Morgan fingerprint density at radius 1 is 1.47 bits per heavy atom. The summed E-state index contributed by atoms with van der Waals surface area (Å²) in [5.41, 5.74) is 4.94. The van der Waals surface area contributed by atoms with E-state index >= 15 is 0 Å². The molecule has 0 aromatic carbocycles. The van der Waals surface area contributed by atoms with Crippen LogP contribution in [0.4, 0.5) is 4.79 Å². The lowest BCUT2D eigenvalue weighted by Gasteiger charge is -2.24. The second-order valence-corrected chi connectivity index (χ2v) is 6.09.